The molecule has 1 N–H and O–H groups in total. The Hall–Kier alpha value is -4.65. The first-order chi connectivity index (χ1) is 30.4. The number of hydrogen-bond donors (Lipinski definition) is 1. The zero-order valence-corrected chi connectivity index (χ0v) is 40.5. The molecule has 0 aromatic heterocycles. The van der Waals surface area contributed by atoms with Gasteiger partial charge in [-0.2, -0.15) is 0 Å². The molecule has 0 heterocycles. The van der Waals surface area contributed by atoms with Gasteiger partial charge in [0.15, 0.2) is 0 Å². The molecule has 7 rings (SSSR count). The summed E-state index contributed by atoms with van der Waals surface area (Å²) in [5.74, 6) is 0.509. The summed E-state index contributed by atoms with van der Waals surface area (Å²) in [4.78, 5) is 0. The fourth-order valence-electron chi connectivity index (χ4n) is 8.14. The fourth-order valence-corrected chi connectivity index (χ4v) is 9.17. The van der Waals surface area contributed by atoms with E-state index in [4.69, 9.17) is 9.47 Å². The van der Waals surface area contributed by atoms with Crippen molar-refractivity contribution >= 4 is 45.2 Å². The van der Waals surface area contributed by atoms with Gasteiger partial charge >= 0.3 is 0 Å². The van der Waals surface area contributed by atoms with Crippen molar-refractivity contribution in [1.29, 1.82) is 0 Å². The number of methoxy groups -OCH3 is 1. The van der Waals surface area contributed by atoms with Crippen molar-refractivity contribution in [1.82, 2.24) is 5.32 Å². The first-order valence-electron chi connectivity index (χ1n) is 21.2. The standard InChI is InChI=1S/C55H51F3I2NO2/c1-34(2)27-42-30-47(46(28-37-19-23-43(56)24-20-37)38-21-17-35(3)49(59)31-38)53(40-22-18-36(4)50(60)32-40)54(55(42)58)52(45-14-7-8-15-48(45)57)39-12-10-13-44(29-39)63-26-25-61-33-41-11-6-9-16-51(41)62-5/h6-24,29-32,34,52,61H,25-28,33H2,1-5H3. The topological polar surface area (TPSA) is 30.5 Å². The van der Waals surface area contributed by atoms with Crippen molar-refractivity contribution in [2.75, 3.05) is 20.3 Å². The number of nitrogens with one attached hydrogen (secondary N) is 1. The maximum absolute atomic E-state index is 18.3. The molecule has 0 saturated carbocycles. The quantitative estimate of drug-likeness (QED) is 0.0560. The first kappa shape index (κ1) is 46.3. The SMILES string of the molecule is COc1ccccc1CNCCOc1cccc(C(c2ccccc2F)c2c(F)c(CC(C)C)cc([C](Cc3ccc(F)cc3)c3ccc(C)c(I)c3)c2-c2ccc(C)c(I)c2)c1. The van der Waals surface area contributed by atoms with Gasteiger partial charge in [0.05, 0.1) is 7.11 Å². The third-order valence-electron chi connectivity index (χ3n) is 11.4. The fraction of sp³-hybridized carbons (Fsp3) is 0.218. The van der Waals surface area contributed by atoms with E-state index in [-0.39, 0.29) is 17.6 Å². The number of rotatable bonds is 17. The summed E-state index contributed by atoms with van der Waals surface area (Å²) in [6.07, 6.45) is 0.905. The number of aryl methyl sites for hydroxylation is 2. The van der Waals surface area contributed by atoms with Crippen molar-refractivity contribution in [3.05, 3.63) is 226 Å². The van der Waals surface area contributed by atoms with Gasteiger partial charge in [-0.15, -0.1) is 0 Å². The third-order valence-corrected chi connectivity index (χ3v) is 13.7. The molecule has 8 heteroatoms. The van der Waals surface area contributed by atoms with Crippen LogP contribution >= 0.6 is 45.2 Å². The molecule has 1 radical (unpaired) electrons. The van der Waals surface area contributed by atoms with Crippen LogP contribution in [-0.4, -0.2) is 20.3 Å². The van der Waals surface area contributed by atoms with Gasteiger partial charge in [0.25, 0.3) is 0 Å². The summed E-state index contributed by atoms with van der Waals surface area (Å²) in [5.41, 5.74) is 9.51. The number of benzene rings is 7. The van der Waals surface area contributed by atoms with E-state index >= 15 is 8.78 Å². The van der Waals surface area contributed by atoms with Gasteiger partial charge in [-0.25, -0.2) is 13.2 Å². The molecule has 0 bridgehead atoms. The van der Waals surface area contributed by atoms with Crippen LogP contribution in [0.1, 0.15) is 75.4 Å². The van der Waals surface area contributed by atoms with E-state index in [1.165, 1.54) is 18.2 Å². The minimum Gasteiger partial charge on any atom is -0.496 e. The third kappa shape index (κ3) is 11.2. The molecule has 1 atom stereocenters. The van der Waals surface area contributed by atoms with Gasteiger partial charge in [-0.1, -0.05) is 105 Å². The molecule has 0 aliphatic carbocycles. The highest BCUT2D eigenvalue weighted by Gasteiger charge is 2.33. The smallest absolute Gasteiger partial charge is 0.131 e. The maximum Gasteiger partial charge on any atom is 0.131 e. The van der Waals surface area contributed by atoms with Crippen LogP contribution in [0.2, 0.25) is 0 Å². The van der Waals surface area contributed by atoms with E-state index in [2.05, 4.69) is 109 Å². The van der Waals surface area contributed by atoms with E-state index in [9.17, 15) is 4.39 Å². The van der Waals surface area contributed by atoms with Crippen LogP contribution in [0.4, 0.5) is 13.2 Å². The summed E-state index contributed by atoms with van der Waals surface area (Å²) in [7, 11) is 1.66. The number of hydrogen-bond acceptors (Lipinski definition) is 3. The van der Waals surface area contributed by atoms with Gasteiger partial charge in [0.2, 0.25) is 0 Å². The average molecular weight is 1070 g/mol. The van der Waals surface area contributed by atoms with Crippen LogP contribution < -0.4 is 14.8 Å². The summed E-state index contributed by atoms with van der Waals surface area (Å²) < 4.78 is 63.2. The predicted molar refractivity (Wildman–Crippen MR) is 267 cm³/mol. The first-order valence-corrected chi connectivity index (χ1v) is 23.4. The Morgan fingerprint density at radius 1 is 0.714 bits per heavy atom. The molecular weight excluding hydrogens is 1020 g/mol. The van der Waals surface area contributed by atoms with Crippen molar-refractivity contribution in [2.45, 2.75) is 53.0 Å². The zero-order valence-electron chi connectivity index (χ0n) is 36.2. The van der Waals surface area contributed by atoms with E-state index in [1.54, 1.807) is 19.2 Å². The van der Waals surface area contributed by atoms with Crippen molar-refractivity contribution in [3.63, 3.8) is 0 Å². The summed E-state index contributed by atoms with van der Waals surface area (Å²) in [6.45, 7) is 9.85. The summed E-state index contributed by atoms with van der Waals surface area (Å²) in [5, 5.41) is 3.44. The van der Waals surface area contributed by atoms with Gasteiger partial charge < -0.3 is 14.8 Å². The van der Waals surface area contributed by atoms with Crippen LogP contribution in [0.5, 0.6) is 11.5 Å². The monoisotopic (exact) mass is 1070 g/mol. The molecule has 3 nitrogen and oxygen atoms in total. The number of para-hydroxylation sites is 1. The summed E-state index contributed by atoms with van der Waals surface area (Å²) in [6, 6.07) is 43.4. The Morgan fingerprint density at radius 2 is 1.43 bits per heavy atom. The molecule has 63 heavy (non-hydrogen) atoms. The van der Waals surface area contributed by atoms with Gasteiger partial charge in [-0.05, 0) is 182 Å². The Bertz CT molecular complexity index is 2680. The zero-order chi connectivity index (χ0) is 44.6. The Labute approximate surface area is 397 Å². The lowest BCUT2D eigenvalue weighted by Crippen LogP contribution is -2.21. The van der Waals surface area contributed by atoms with E-state index in [0.29, 0.717) is 66.1 Å². The second-order valence-corrected chi connectivity index (χ2v) is 18.7. The van der Waals surface area contributed by atoms with Crippen LogP contribution in [-0.2, 0) is 19.4 Å². The van der Waals surface area contributed by atoms with Crippen molar-refractivity contribution in [2.24, 2.45) is 5.92 Å². The molecule has 0 aliphatic rings. The van der Waals surface area contributed by atoms with E-state index < -0.39 is 11.7 Å². The number of ether oxygens (including phenoxy) is 2. The van der Waals surface area contributed by atoms with Crippen LogP contribution in [0.3, 0.4) is 0 Å². The van der Waals surface area contributed by atoms with Crippen molar-refractivity contribution in [3.8, 4) is 22.6 Å². The molecular formula is C55H51F3I2NO2. The van der Waals surface area contributed by atoms with Crippen LogP contribution in [0.25, 0.3) is 11.1 Å². The Balaban J connectivity index is 1.44. The Kier molecular flexibility index (Phi) is 15.7. The largest absolute Gasteiger partial charge is 0.496 e. The Morgan fingerprint density at radius 3 is 2.14 bits per heavy atom. The minimum absolute atomic E-state index is 0.118. The minimum atomic E-state index is -0.872. The highest BCUT2D eigenvalue weighted by Crippen LogP contribution is 2.47. The molecule has 0 saturated heterocycles. The average Bonchev–Trinajstić information content (AvgIpc) is 3.27. The van der Waals surface area contributed by atoms with Crippen molar-refractivity contribution < 1.29 is 22.6 Å². The van der Waals surface area contributed by atoms with Gasteiger partial charge in [0.1, 0.15) is 35.6 Å². The normalized spacial score (nSPS) is 11.9. The molecule has 1 unspecified atom stereocenters. The van der Waals surface area contributed by atoms with E-state index in [0.717, 1.165) is 57.8 Å². The maximum atomic E-state index is 18.3. The molecule has 7 aromatic rings. The second-order valence-electron chi connectivity index (χ2n) is 16.4. The highest BCUT2D eigenvalue weighted by molar-refractivity contribution is 14.1. The lowest BCUT2D eigenvalue weighted by Gasteiger charge is -2.30. The molecule has 323 valence electrons. The lowest BCUT2D eigenvalue weighted by atomic mass is 9.73. The lowest BCUT2D eigenvalue weighted by molar-refractivity contribution is 0.312. The second kappa shape index (κ2) is 21.4. The summed E-state index contributed by atoms with van der Waals surface area (Å²) >= 11 is 4.71. The van der Waals surface area contributed by atoms with E-state index in [1.807, 2.05) is 78.9 Å². The van der Waals surface area contributed by atoms with Gasteiger partial charge in [0, 0.05) is 43.2 Å². The molecule has 0 aliphatic heterocycles. The number of halogens is 5. The highest BCUT2D eigenvalue weighted by atomic mass is 127. The molecule has 0 spiro atoms. The predicted octanol–water partition coefficient (Wildman–Crippen LogP) is 14.4. The molecule has 7 aromatic carbocycles. The molecule has 0 amide bonds. The van der Waals surface area contributed by atoms with Crippen LogP contribution in [0, 0.1) is 50.3 Å². The van der Waals surface area contributed by atoms with Crippen LogP contribution in [0.15, 0.2) is 140 Å². The van der Waals surface area contributed by atoms with Gasteiger partial charge in [-0.3, -0.25) is 0 Å². The molecule has 0 fully saturated rings.